The predicted molar refractivity (Wildman–Crippen MR) is 96.6 cm³/mol. The van der Waals surface area contributed by atoms with Crippen LogP contribution in [0.2, 0.25) is 0 Å². The summed E-state index contributed by atoms with van der Waals surface area (Å²) in [5.74, 6) is 0.122. The molecule has 0 heterocycles. The average molecular weight is 362 g/mol. The van der Waals surface area contributed by atoms with E-state index in [1.165, 1.54) is 0 Å². The third-order valence-corrected chi connectivity index (χ3v) is 7.13. The van der Waals surface area contributed by atoms with Gasteiger partial charge in [-0.2, -0.15) is 8.42 Å². The Morgan fingerprint density at radius 3 is 2.52 bits per heavy atom. The number of benzene rings is 1. The van der Waals surface area contributed by atoms with Gasteiger partial charge in [-0.15, -0.1) is 6.58 Å². The second-order valence-corrected chi connectivity index (χ2v) is 9.90. The molecule has 0 bridgehead atoms. The van der Waals surface area contributed by atoms with Crippen molar-refractivity contribution >= 4 is 15.9 Å². The molecule has 0 spiro atoms. The number of carbonyl (C=O) groups is 1. The molecule has 4 nitrogen and oxygen atoms in total. The Kier molecular flexibility index (Phi) is 4.44. The van der Waals surface area contributed by atoms with Crippen LogP contribution in [0.3, 0.4) is 0 Å². The van der Waals surface area contributed by atoms with E-state index in [2.05, 4.69) is 6.58 Å². The number of Topliss-reactive ketones (excluding diaryl/α,β-unsaturated/α-hetero) is 1. The topological polar surface area (TPSA) is 60.4 Å². The van der Waals surface area contributed by atoms with Gasteiger partial charge in [0.15, 0.2) is 0 Å². The zero-order chi connectivity index (χ0) is 18.5. The number of fused-ring (bicyclic) bond motifs is 1. The molecule has 136 valence electrons. The SMILES string of the molecule is C=CC[C@@]12CC(=O)C[C@@H]1[C@@H](OS(=O)(=O)c1ccc(C)cc1)C(C)(C)C2. The van der Waals surface area contributed by atoms with E-state index in [9.17, 15) is 13.2 Å². The van der Waals surface area contributed by atoms with Crippen LogP contribution in [-0.2, 0) is 19.1 Å². The van der Waals surface area contributed by atoms with Gasteiger partial charge >= 0.3 is 0 Å². The van der Waals surface area contributed by atoms with Crippen LogP contribution >= 0.6 is 0 Å². The maximum atomic E-state index is 12.8. The monoisotopic (exact) mass is 362 g/mol. The molecule has 25 heavy (non-hydrogen) atoms. The van der Waals surface area contributed by atoms with E-state index in [1.807, 2.05) is 26.8 Å². The molecule has 0 radical (unpaired) electrons. The molecule has 0 amide bonds. The molecule has 5 heteroatoms. The van der Waals surface area contributed by atoms with Crippen LogP contribution in [-0.4, -0.2) is 20.3 Å². The summed E-state index contributed by atoms with van der Waals surface area (Å²) in [6, 6.07) is 6.67. The summed E-state index contributed by atoms with van der Waals surface area (Å²) >= 11 is 0. The van der Waals surface area contributed by atoms with Crippen molar-refractivity contribution in [3.8, 4) is 0 Å². The van der Waals surface area contributed by atoms with Crippen LogP contribution in [0.5, 0.6) is 0 Å². The van der Waals surface area contributed by atoms with Gasteiger partial charge in [-0.25, -0.2) is 0 Å². The highest BCUT2D eigenvalue weighted by atomic mass is 32.2. The highest BCUT2D eigenvalue weighted by Crippen LogP contribution is 2.62. The van der Waals surface area contributed by atoms with Gasteiger partial charge in [0.25, 0.3) is 10.1 Å². The number of aryl methyl sites for hydroxylation is 1. The number of allylic oxidation sites excluding steroid dienone is 1. The molecule has 1 aromatic rings. The lowest BCUT2D eigenvalue weighted by Gasteiger charge is -2.29. The van der Waals surface area contributed by atoms with Gasteiger partial charge in [0.2, 0.25) is 0 Å². The normalized spacial score (nSPS) is 31.1. The molecule has 2 aliphatic rings. The van der Waals surface area contributed by atoms with Gasteiger partial charge in [-0.3, -0.25) is 8.98 Å². The van der Waals surface area contributed by atoms with Gasteiger partial charge in [0.1, 0.15) is 5.78 Å². The quantitative estimate of drug-likeness (QED) is 0.586. The fourth-order valence-electron chi connectivity index (χ4n) is 4.91. The molecule has 2 aliphatic carbocycles. The maximum absolute atomic E-state index is 12.8. The zero-order valence-electron chi connectivity index (χ0n) is 15.1. The van der Waals surface area contributed by atoms with E-state index in [1.54, 1.807) is 24.3 Å². The number of ketones is 1. The van der Waals surface area contributed by atoms with Crippen LogP contribution in [0.15, 0.2) is 41.8 Å². The summed E-state index contributed by atoms with van der Waals surface area (Å²) in [6.07, 6.45) is 3.74. The number of carbonyl (C=O) groups excluding carboxylic acids is 1. The third kappa shape index (κ3) is 3.20. The van der Waals surface area contributed by atoms with Crippen molar-refractivity contribution < 1.29 is 17.4 Å². The van der Waals surface area contributed by atoms with Crippen molar-refractivity contribution in [2.75, 3.05) is 0 Å². The Morgan fingerprint density at radius 1 is 1.28 bits per heavy atom. The number of hydrogen-bond donors (Lipinski definition) is 0. The summed E-state index contributed by atoms with van der Waals surface area (Å²) in [5.41, 5.74) is 0.466. The smallest absolute Gasteiger partial charge is 0.297 e. The first kappa shape index (κ1) is 18.3. The first-order valence-corrected chi connectivity index (χ1v) is 10.1. The molecular formula is C20H26O4S. The van der Waals surface area contributed by atoms with Gasteiger partial charge in [0.05, 0.1) is 11.0 Å². The Morgan fingerprint density at radius 2 is 1.92 bits per heavy atom. The lowest BCUT2D eigenvalue weighted by Crippen LogP contribution is -2.34. The van der Waals surface area contributed by atoms with Crippen molar-refractivity contribution in [1.82, 2.24) is 0 Å². The molecule has 3 atom stereocenters. The average Bonchev–Trinajstić information content (AvgIpc) is 2.89. The van der Waals surface area contributed by atoms with E-state index in [4.69, 9.17) is 4.18 Å². The Hall–Kier alpha value is -1.46. The highest BCUT2D eigenvalue weighted by Gasteiger charge is 2.62. The summed E-state index contributed by atoms with van der Waals surface area (Å²) < 4.78 is 31.3. The van der Waals surface area contributed by atoms with Crippen molar-refractivity contribution in [3.63, 3.8) is 0 Å². The molecular weight excluding hydrogens is 336 g/mol. The molecule has 0 aliphatic heterocycles. The van der Waals surface area contributed by atoms with Crippen molar-refractivity contribution in [1.29, 1.82) is 0 Å². The summed E-state index contributed by atoms with van der Waals surface area (Å²) in [7, 11) is -3.87. The van der Waals surface area contributed by atoms with E-state index in [-0.39, 0.29) is 27.4 Å². The van der Waals surface area contributed by atoms with E-state index in [0.717, 1.165) is 18.4 Å². The van der Waals surface area contributed by atoms with E-state index in [0.29, 0.717) is 12.8 Å². The van der Waals surface area contributed by atoms with Crippen LogP contribution in [0.4, 0.5) is 0 Å². The van der Waals surface area contributed by atoms with Crippen LogP contribution in [0.25, 0.3) is 0 Å². The van der Waals surface area contributed by atoms with E-state index < -0.39 is 16.2 Å². The van der Waals surface area contributed by atoms with Crippen molar-refractivity contribution in [3.05, 3.63) is 42.5 Å². The second kappa shape index (κ2) is 6.06. The fourth-order valence-corrected chi connectivity index (χ4v) is 6.16. The standard InChI is InChI=1S/C20H26O4S/c1-5-10-20-12-15(21)11-17(20)18(19(3,4)13-20)24-25(22,23)16-8-6-14(2)7-9-16/h5-9,17-18H,1,10-13H2,2-4H3/t17-,18-,20+/m1/s1. The minimum absolute atomic E-state index is 0.0757. The summed E-state index contributed by atoms with van der Waals surface area (Å²) in [4.78, 5) is 12.3. The number of hydrogen-bond acceptors (Lipinski definition) is 4. The third-order valence-electron chi connectivity index (χ3n) is 5.82. The predicted octanol–water partition coefficient (Wildman–Crippen LogP) is 4.04. The van der Waals surface area contributed by atoms with Gasteiger partial charge in [-0.1, -0.05) is 37.6 Å². The summed E-state index contributed by atoms with van der Waals surface area (Å²) in [5, 5.41) is 0. The Balaban J connectivity index is 1.94. The van der Waals surface area contributed by atoms with Gasteiger partial charge in [0, 0.05) is 18.8 Å². The van der Waals surface area contributed by atoms with Gasteiger partial charge in [-0.05, 0) is 42.7 Å². The zero-order valence-corrected chi connectivity index (χ0v) is 15.9. The minimum Gasteiger partial charge on any atom is -0.300 e. The summed E-state index contributed by atoms with van der Waals surface area (Å²) in [6.45, 7) is 9.82. The van der Waals surface area contributed by atoms with Gasteiger partial charge < -0.3 is 0 Å². The molecule has 3 rings (SSSR count). The lowest BCUT2D eigenvalue weighted by molar-refractivity contribution is -0.118. The minimum atomic E-state index is -3.87. The second-order valence-electron chi connectivity index (χ2n) is 8.33. The fraction of sp³-hybridized carbons (Fsp3) is 0.550. The molecule has 0 N–H and O–H groups in total. The Labute approximate surface area is 150 Å². The first-order valence-electron chi connectivity index (χ1n) is 8.72. The van der Waals surface area contributed by atoms with Crippen LogP contribution in [0, 0.1) is 23.7 Å². The van der Waals surface area contributed by atoms with Crippen molar-refractivity contribution in [2.24, 2.45) is 16.7 Å². The largest absolute Gasteiger partial charge is 0.300 e. The molecule has 0 saturated heterocycles. The lowest BCUT2D eigenvalue weighted by atomic mass is 9.76. The molecule has 2 saturated carbocycles. The Bertz CT molecular complexity index is 791. The molecule has 2 fully saturated rings. The molecule has 1 aromatic carbocycles. The molecule has 0 unspecified atom stereocenters. The highest BCUT2D eigenvalue weighted by molar-refractivity contribution is 7.86. The maximum Gasteiger partial charge on any atom is 0.297 e. The first-order chi connectivity index (χ1) is 11.6. The van der Waals surface area contributed by atoms with Crippen molar-refractivity contribution in [2.45, 2.75) is 57.5 Å². The van der Waals surface area contributed by atoms with Crippen LogP contribution in [0.1, 0.15) is 45.1 Å². The number of rotatable bonds is 5. The van der Waals surface area contributed by atoms with E-state index >= 15 is 0 Å². The molecule has 0 aromatic heterocycles. The van der Waals surface area contributed by atoms with Crippen LogP contribution < -0.4 is 0 Å².